The molecule has 1 atom stereocenters. The minimum atomic E-state index is -0.748. The highest BCUT2D eigenvalue weighted by Crippen LogP contribution is 2.34. The number of thiazole rings is 1. The van der Waals surface area contributed by atoms with Crippen LogP contribution in [-0.2, 0) is 0 Å². The molecule has 0 radical (unpaired) electrons. The van der Waals surface area contributed by atoms with E-state index in [1.165, 1.54) is 11.3 Å². The van der Waals surface area contributed by atoms with Crippen molar-refractivity contribution in [3.63, 3.8) is 0 Å². The van der Waals surface area contributed by atoms with Crippen LogP contribution in [0.15, 0.2) is 23.8 Å². The van der Waals surface area contributed by atoms with Crippen LogP contribution in [0.2, 0.25) is 0 Å². The Kier molecular flexibility index (Phi) is 5.13. The normalized spacial score (nSPS) is 16.6. The monoisotopic (exact) mass is 421 g/mol. The van der Waals surface area contributed by atoms with E-state index in [-0.39, 0.29) is 11.5 Å². The van der Waals surface area contributed by atoms with Crippen molar-refractivity contribution in [1.29, 1.82) is 5.26 Å². The first-order chi connectivity index (χ1) is 14.3. The van der Waals surface area contributed by atoms with Gasteiger partial charge in [0.1, 0.15) is 39.5 Å². The molecule has 1 saturated heterocycles. The maximum atomic E-state index is 10.4. The molecule has 0 amide bonds. The van der Waals surface area contributed by atoms with E-state index in [2.05, 4.69) is 25.9 Å². The van der Waals surface area contributed by atoms with Crippen LogP contribution in [-0.4, -0.2) is 43.7 Å². The van der Waals surface area contributed by atoms with E-state index in [0.29, 0.717) is 40.8 Å². The van der Waals surface area contributed by atoms with Gasteiger partial charge in [-0.1, -0.05) is 0 Å². The molecule has 1 aliphatic rings. The molecule has 0 aromatic carbocycles. The quantitative estimate of drug-likeness (QED) is 0.658. The number of nitrogens with two attached hydrogens (primary N) is 1. The summed E-state index contributed by atoms with van der Waals surface area (Å²) in [5.41, 5.74) is 8.25. The highest BCUT2D eigenvalue weighted by atomic mass is 32.1. The number of nitrogen functional groups attached to an aromatic ring is 1. The van der Waals surface area contributed by atoms with Crippen LogP contribution in [0.4, 0.5) is 11.5 Å². The van der Waals surface area contributed by atoms with Crippen molar-refractivity contribution < 1.29 is 5.11 Å². The summed E-state index contributed by atoms with van der Waals surface area (Å²) < 4.78 is 0. The van der Waals surface area contributed by atoms with Gasteiger partial charge in [0.25, 0.3) is 0 Å². The number of hydrogen-bond acceptors (Lipinski definition) is 9. The van der Waals surface area contributed by atoms with Crippen LogP contribution in [0, 0.1) is 24.2 Å². The van der Waals surface area contributed by atoms with Gasteiger partial charge in [-0.05, 0) is 33.3 Å². The van der Waals surface area contributed by atoms with Gasteiger partial charge in [0.2, 0.25) is 0 Å². The average molecular weight is 422 g/mol. The molecule has 154 valence electrons. The molecular weight excluding hydrogens is 398 g/mol. The molecule has 0 aliphatic carbocycles. The molecule has 0 spiro atoms. The number of aliphatic hydroxyl groups is 1. The summed E-state index contributed by atoms with van der Waals surface area (Å²) in [6.45, 7) is 6.99. The topological polar surface area (TPSA) is 125 Å². The molecule has 0 bridgehead atoms. The third kappa shape index (κ3) is 3.72. The number of aromatic nitrogens is 4. The summed E-state index contributed by atoms with van der Waals surface area (Å²) in [5.74, 6) is 0.854. The number of nitriles is 1. The van der Waals surface area contributed by atoms with E-state index in [4.69, 9.17) is 10.7 Å². The molecule has 3 N–H and O–H groups in total. The highest BCUT2D eigenvalue weighted by Gasteiger charge is 2.34. The zero-order valence-corrected chi connectivity index (χ0v) is 17.9. The second-order valence-electron chi connectivity index (χ2n) is 8.02. The fourth-order valence-corrected chi connectivity index (χ4v) is 4.27. The third-order valence-electron chi connectivity index (χ3n) is 5.49. The smallest absolute Gasteiger partial charge is 0.147 e. The molecule has 0 saturated carbocycles. The maximum Gasteiger partial charge on any atom is 0.147 e. The lowest BCUT2D eigenvalue weighted by molar-refractivity contribution is 0.0263. The SMILES string of the molecule is Cc1ncc(N2CCC(C(C)(C)O)C2)nc1-c1nc(-c2nccs2)cc(N)c1C#N. The van der Waals surface area contributed by atoms with Gasteiger partial charge < -0.3 is 15.7 Å². The Balaban J connectivity index is 1.78. The number of aryl methyl sites for hydroxylation is 1. The van der Waals surface area contributed by atoms with Gasteiger partial charge in [0, 0.05) is 30.6 Å². The van der Waals surface area contributed by atoms with Crippen molar-refractivity contribution in [3.8, 4) is 28.2 Å². The van der Waals surface area contributed by atoms with Crippen LogP contribution in [0.3, 0.4) is 0 Å². The van der Waals surface area contributed by atoms with E-state index >= 15 is 0 Å². The molecule has 8 nitrogen and oxygen atoms in total. The number of nitrogens with zero attached hydrogens (tertiary/aromatic N) is 6. The summed E-state index contributed by atoms with van der Waals surface area (Å²) in [6, 6.07) is 3.83. The lowest BCUT2D eigenvalue weighted by Crippen LogP contribution is -2.33. The summed E-state index contributed by atoms with van der Waals surface area (Å²) >= 11 is 1.45. The van der Waals surface area contributed by atoms with E-state index in [0.717, 1.165) is 18.0 Å². The first-order valence-electron chi connectivity index (χ1n) is 9.69. The highest BCUT2D eigenvalue weighted by molar-refractivity contribution is 7.13. The fourth-order valence-electron chi connectivity index (χ4n) is 3.67. The molecule has 3 aromatic rings. The van der Waals surface area contributed by atoms with Crippen molar-refractivity contribution in [2.45, 2.75) is 32.8 Å². The van der Waals surface area contributed by atoms with E-state index < -0.39 is 5.60 Å². The molecule has 1 fully saturated rings. The van der Waals surface area contributed by atoms with Crippen LogP contribution >= 0.6 is 11.3 Å². The molecular formula is C21H23N7OS. The summed E-state index contributed by atoms with van der Waals surface area (Å²) in [4.78, 5) is 20.4. The first kappa shape index (κ1) is 20.2. The average Bonchev–Trinajstić information content (AvgIpc) is 3.39. The lowest BCUT2D eigenvalue weighted by Gasteiger charge is -2.26. The Morgan fingerprint density at radius 1 is 1.30 bits per heavy atom. The number of anilines is 2. The zero-order chi connectivity index (χ0) is 21.5. The number of pyridine rings is 1. The standard InChI is InChI=1S/C21H23N7OS/c1-12-18(27-17(10-25-12)28-6-4-13(11-28)21(2,3)29)19-14(9-22)15(23)8-16(26-19)20-24-5-7-30-20/h5,7-8,10,13,29H,4,6,11H2,1-3H3,(H2,23,26). The maximum absolute atomic E-state index is 10.4. The summed E-state index contributed by atoms with van der Waals surface area (Å²) in [7, 11) is 0. The van der Waals surface area contributed by atoms with Crippen LogP contribution in [0.25, 0.3) is 22.1 Å². The molecule has 4 heterocycles. The lowest BCUT2D eigenvalue weighted by atomic mass is 9.90. The predicted octanol–water partition coefficient (Wildman–Crippen LogP) is 3.02. The van der Waals surface area contributed by atoms with E-state index in [1.54, 1.807) is 18.5 Å². The summed E-state index contributed by atoms with van der Waals surface area (Å²) in [6.07, 6.45) is 4.31. The van der Waals surface area contributed by atoms with Crippen molar-refractivity contribution in [2.24, 2.45) is 5.92 Å². The molecule has 30 heavy (non-hydrogen) atoms. The summed E-state index contributed by atoms with van der Waals surface area (Å²) in [5, 5.41) is 22.6. The fraction of sp³-hybridized carbons (Fsp3) is 0.381. The molecule has 9 heteroatoms. The Morgan fingerprint density at radius 3 is 2.73 bits per heavy atom. The van der Waals surface area contributed by atoms with Gasteiger partial charge in [-0.3, -0.25) is 4.98 Å². The minimum absolute atomic E-state index is 0.153. The third-order valence-corrected chi connectivity index (χ3v) is 6.29. The van der Waals surface area contributed by atoms with Gasteiger partial charge in [-0.15, -0.1) is 11.3 Å². The number of rotatable bonds is 4. The van der Waals surface area contributed by atoms with Gasteiger partial charge in [0.15, 0.2) is 0 Å². The van der Waals surface area contributed by atoms with E-state index in [9.17, 15) is 10.4 Å². The molecule has 1 aliphatic heterocycles. The van der Waals surface area contributed by atoms with Crippen LogP contribution < -0.4 is 10.6 Å². The van der Waals surface area contributed by atoms with Crippen LogP contribution in [0.1, 0.15) is 31.5 Å². The minimum Gasteiger partial charge on any atom is -0.398 e. The second kappa shape index (κ2) is 7.63. The predicted molar refractivity (Wildman–Crippen MR) is 117 cm³/mol. The van der Waals surface area contributed by atoms with Crippen molar-refractivity contribution in [2.75, 3.05) is 23.7 Å². The van der Waals surface area contributed by atoms with Crippen molar-refractivity contribution >= 4 is 22.8 Å². The second-order valence-corrected chi connectivity index (χ2v) is 8.91. The van der Waals surface area contributed by atoms with Gasteiger partial charge in [0.05, 0.1) is 23.2 Å². The van der Waals surface area contributed by atoms with E-state index in [1.807, 2.05) is 26.2 Å². The first-order valence-corrected chi connectivity index (χ1v) is 10.6. The van der Waals surface area contributed by atoms with Gasteiger partial charge in [-0.2, -0.15) is 5.26 Å². The molecule has 3 aromatic heterocycles. The number of hydrogen-bond donors (Lipinski definition) is 2. The Hall–Kier alpha value is -3.09. The van der Waals surface area contributed by atoms with Gasteiger partial charge >= 0.3 is 0 Å². The van der Waals surface area contributed by atoms with Gasteiger partial charge in [-0.25, -0.2) is 15.0 Å². The van der Waals surface area contributed by atoms with Crippen molar-refractivity contribution in [3.05, 3.63) is 35.1 Å². The Bertz CT molecular complexity index is 1120. The Labute approximate surface area is 179 Å². The van der Waals surface area contributed by atoms with Crippen LogP contribution in [0.5, 0.6) is 0 Å². The van der Waals surface area contributed by atoms with Crippen molar-refractivity contribution in [1.82, 2.24) is 19.9 Å². The largest absolute Gasteiger partial charge is 0.398 e. The Morgan fingerprint density at radius 2 is 2.10 bits per heavy atom. The molecule has 4 rings (SSSR count). The zero-order valence-electron chi connectivity index (χ0n) is 17.1. The molecule has 1 unspecified atom stereocenters.